The van der Waals surface area contributed by atoms with Gasteiger partial charge in [-0.15, -0.1) is 0 Å². The predicted octanol–water partition coefficient (Wildman–Crippen LogP) is 3.67. The van der Waals surface area contributed by atoms with Crippen LogP contribution in [0.3, 0.4) is 0 Å². The van der Waals surface area contributed by atoms with Crippen LogP contribution in [0.15, 0.2) is 24.3 Å². The summed E-state index contributed by atoms with van der Waals surface area (Å²) in [5, 5.41) is 0. The fraction of sp³-hybridized carbons (Fsp3) is 0.625. The third-order valence-corrected chi connectivity index (χ3v) is 4.63. The fourth-order valence-electron chi connectivity index (χ4n) is 3.15. The van der Waals surface area contributed by atoms with Gasteiger partial charge in [-0.05, 0) is 55.3 Å². The Kier molecular flexibility index (Phi) is 4.28. The number of anilines is 1. The van der Waals surface area contributed by atoms with Crippen LogP contribution in [0, 0.1) is 5.41 Å². The maximum Gasteiger partial charge on any atom is 0.0314 e. The average Bonchev–Trinajstić information content (AvgIpc) is 2.41. The molecule has 2 rings (SSSR count). The lowest BCUT2D eigenvalue weighted by Crippen LogP contribution is -2.42. The zero-order valence-electron chi connectivity index (χ0n) is 11.8. The minimum Gasteiger partial charge on any atom is -0.399 e. The van der Waals surface area contributed by atoms with Gasteiger partial charge in [-0.3, -0.25) is 4.90 Å². The van der Waals surface area contributed by atoms with Gasteiger partial charge < -0.3 is 5.73 Å². The minimum atomic E-state index is 0.562. The maximum atomic E-state index is 5.73. The van der Waals surface area contributed by atoms with Gasteiger partial charge in [0.1, 0.15) is 0 Å². The first kappa shape index (κ1) is 13.4. The van der Waals surface area contributed by atoms with Crippen LogP contribution in [-0.2, 0) is 6.54 Å². The second-order valence-corrected chi connectivity index (χ2v) is 5.76. The van der Waals surface area contributed by atoms with Crippen molar-refractivity contribution in [2.24, 2.45) is 5.41 Å². The lowest BCUT2D eigenvalue weighted by molar-refractivity contribution is 0.0750. The van der Waals surface area contributed by atoms with Gasteiger partial charge >= 0.3 is 0 Å². The van der Waals surface area contributed by atoms with E-state index in [9.17, 15) is 0 Å². The quantitative estimate of drug-likeness (QED) is 0.821. The summed E-state index contributed by atoms with van der Waals surface area (Å²) in [4.78, 5) is 2.61. The Morgan fingerprint density at radius 2 is 1.83 bits per heavy atom. The van der Waals surface area contributed by atoms with Crippen molar-refractivity contribution in [2.75, 3.05) is 18.8 Å². The number of hydrogen-bond acceptors (Lipinski definition) is 2. The highest BCUT2D eigenvalue weighted by Gasteiger charge is 2.31. The number of benzene rings is 1. The molecule has 0 amide bonds. The zero-order valence-corrected chi connectivity index (χ0v) is 11.8. The van der Waals surface area contributed by atoms with E-state index >= 15 is 0 Å². The van der Waals surface area contributed by atoms with Crippen molar-refractivity contribution >= 4 is 5.69 Å². The Bertz CT molecular complexity index is 365. The molecule has 0 spiro atoms. The first-order valence-corrected chi connectivity index (χ1v) is 7.24. The van der Waals surface area contributed by atoms with Gasteiger partial charge in [-0.1, -0.05) is 26.0 Å². The standard InChI is InChI=1S/C16H26N2/c1-3-16(4-2)10-5-11-18(13-16)12-14-6-8-15(17)9-7-14/h6-9H,3-5,10-13,17H2,1-2H3. The van der Waals surface area contributed by atoms with E-state index in [1.165, 1.54) is 44.3 Å². The van der Waals surface area contributed by atoms with E-state index in [4.69, 9.17) is 5.73 Å². The Morgan fingerprint density at radius 3 is 2.44 bits per heavy atom. The summed E-state index contributed by atoms with van der Waals surface area (Å²) >= 11 is 0. The van der Waals surface area contributed by atoms with Crippen molar-refractivity contribution in [1.82, 2.24) is 4.90 Å². The Morgan fingerprint density at radius 1 is 1.17 bits per heavy atom. The van der Waals surface area contributed by atoms with Crippen LogP contribution in [0.1, 0.15) is 45.1 Å². The summed E-state index contributed by atoms with van der Waals surface area (Å²) in [6.45, 7) is 8.25. The molecule has 0 radical (unpaired) electrons. The van der Waals surface area contributed by atoms with Crippen LogP contribution in [0.2, 0.25) is 0 Å². The van der Waals surface area contributed by atoms with E-state index < -0.39 is 0 Å². The largest absolute Gasteiger partial charge is 0.399 e. The average molecular weight is 246 g/mol. The molecule has 0 saturated carbocycles. The monoisotopic (exact) mass is 246 g/mol. The van der Waals surface area contributed by atoms with Crippen molar-refractivity contribution in [2.45, 2.75) is 46.1 Å². The molecule has 0 aromatic heterocycles. The van der Waals surface area contributed by atoms with Crippen LogP contribution in [-0.4, -0.2) is 18.0 Å². The molecular formula is C16H26N2. The number of nitrogens with zero attached hydrogens (tertiary/aromatic N) is 1. The highest BCUT2D eigenvalue weighted by Crippen LogP contribution is 2.36. The minimum absolute atomic E-state index is 0.562. The summed E-state index contributed by atoms with van der Waals surface area (Å²) < 4.78 is 0. The molecule has 0 bridgehead atoms. The van der Waals surface area contributed by atoms with Crippen molar-refractivity contribution in [3.63, 3.8) is 0 Å². The molecule has 0 atom stereocenters. The van der Waals surface area contributed by atoms with Crippen molar-refractivity contribution in [1.29, 1.82) is 0 Å². The third kappa shape index (κ3) is 3.05. The first-order valence-electron chi connectivity index (χ1n) is 7.24. The molecule has 2 nitrogen and oxygen atoms in total. The molecule has 1 aliphatic heterocycles. The van der Waals surface area contributed by atoms with Crippen LogP contribution < -0.4 is 5.73 Å². The fourth-order valence-corrected chi connectivity index (χ4v) is 3.15. The summed E-state index contributed by atoms with van der Waals surface area (Å²) in [5.74, 6) is 0. The Hall–Kier alpha value is -1.02. The molecule has 2 N–H and O–H groups in total. The molecule has 18 heavy (non-hydrogen) atoms. The van der Waals surface area contributed by atoms with E-state index in [1.54, 1.807) is 0 Å². The topological polar surface area (TPSA) is 29.3 Å². The molecular weight excluding hydrogens is 220 g/mol. The molecule has 1 fully saturated rings. The summed E-state index contributed by atoms with van der Waals surface area (Å²) in [7, 11) is 0. The summed E-state index contributed by atoms with van der Waals surface area (Å²) in [6.07, 6.45) is 5.36. The van der Waals surface area contributed by atoms with Crippen LogP contribution in [0.25, 0.3) is 0 Å². The Balaban J connectivity index is 1.99. The number of nitrogens with two attached hydrogens (primary N) is 1. The van der Waals surface area contributed by atoms with Gasteiger partial charge in [0.25, 0.3) is 0 Å². The van der Waals surface area contributed by atoms with Crippen molar-refractivity contribution in [3.05, 3.63) is 29.8 Å². The lowest BCUT2D eigenvalue weighted by atomic mass is 9.75. The van der Waals surface area contributed by atoms with E-state index in [0.717, 1.165) is 12.2 Å². The number of hydrogen-bond donors (Lipinski definition) is 1. The summed E-state index contributed by atoms with van der Waals surface area (Å²) in [6, 6.07) is 8.32. The molecule has 1 heterocycles. The van der Waals surface area contributed by atoms with E-state index in [-0.39, 0.29) is 0 Å². The van der Waals surface area contributed by atoms with Crippen LogP contribution >= 0.6 is 0 Å². The van der Waals surface area contributed by atoms with Crippen molar-refractivity contribution < 1.29 is 0 Å². The van der Waals surface area contributed by atoms with Gasteiger partial charge in [-0.25, -0.2) is 0 Å². The maximum absolute atomic E-state index is 5.73. The van der Waals surface area contributed by atoms with E-state index in [2.05, 4.69) is 30.9 Å². The number of nitrogen functional groups attached to an aromatic ring is 1. The zero-order chi connectivity index (χ0) is 13.0. The lowest BCUT2D eigenvalue weighted by Gasteiger charge is -2.42. The van der Waals surface area contributed by atoms with Crippen LogP contribution in [0.4, 0.5) is 5.69 Å². The van der Waals surface area contributed by atoms with Gasteiger partial charge in [0.2, 0.25) is 0 Å². The molecule has 1 aliphatic rings. The summed E-state index contributed by atoms with van der Waals surface area (Å²) in [5.41, 5.74) is 8.53. The Labute approximate surface area is 111 Å². The van der Waals surface area contributed by atoms with Crippen LogP contribution in [0.5, 0.6) is 0 Å². The molecule has 0 aliphatic carbocycles. The third-order valence-electron chi connectivity index (χ3n) is 4.63. The smallest absolute Gasteiger partial charge is 0.0314 e. The molecule has 1 aromatic rings. The van der Waals surface area contributed by atoms with Gasteiger partial charge in [0, 0.05) is 18.8 Å². The second-order valence-electron chi connectivity index (χ2n) is 5.76. The first-order chi connectivity index (χ1) is 8.67. The number of likely N-dealkylation sites (tertiary alicyclic amines) is 1. The van der Waals surface area contributed by atoms with E-state index in [0.29, 0.717) is 5.41 Å². The molecule has 2 heteroatoms. The number of piperidine rings is 1. The second kappa shape index (κ2) is 5.75. The van der Waals surface area contributed by atoms with Gasteiger partial charge in [-0.2, -0.15) is 0 Å². The molecule has 0 unspecified atom stereocenters. The number of rotatable bonds is 4. The van der Waals surface area contributed by atoms with Gasteiger partial charge in [0.15, 0.2) is 0 Å². The normalized spacial score (nSPS) is 19.9. The van der Waals surface area contributed by atoms with Gasteiger partial charge in [0.05, 0.1) is 0 Å². The predicted molar refractivity (Wildman–Crippen MR) is 78.4 cm³/mol. The highest BCUT2D eigenvalue weighted by atomic mass is 15.1. The molecule has 100 valence electrons. The molecule has 1 aromatic carbocycles. The van der Waals surface area contributed by atoms with E-state index in [1.807, 2.05) is 12.1 Å². The molecule has 1 saturated heterocycles. The van der Waals surface area contributed by atoms with Crippen molar-refractivity contribution in [3.8, 4) is 0 Å². The SMILES string of the molecule is CCC1(CC)CCCN(Cc2ccc(N)cc2)C1. The highest BCUT2D eigenvalue weighted by molar-refractivity contribution is 5.39.